The summed E-state index contributed by atoms with van der Waals surface area (Å²) in [6.07, 6.45) is 0.160. The lowest BCUT2D eigenvalue weighted by molar-refractivity contribution is -0.192. The van der Waals surface area contributed by atoms with Gasteiger partial charge in [0.25, 0.3) is 0 Å². The summed E-state index contributed by atoms with van der Waals surface area (Å²) in [5.41, 5.74) is 0.534. The van der Waals surface area contributed by atoms with Crippen molar-refractivity contribution in [3.8, 4) is 0 Å². The van der Waals surface area contributed by atoms with Crippen molar-refractivity contribution in [2.24, 2.45) is 11.3 Å². The van der Waals surface area contributed by atoms with Gasteiger partial charge in [-0.05, 0) is 44.4 Å². The molecule has 36 heavy (non-hydrogen) atoms. The number of hydrogen-bond donors (Lipinski definition) is 0. The van der Waals surface area contributed by atoms with Gasteiger partial charge in [0, 0.05) is 50.0 Å². The summed E-state index contributed by atoms with van der Waals surface area (Å²) in [4.78, 5) is 49.6. The first-order valence-electron chi connectivity index (χ1n) is 12.6. The van der Waals surface area contributed by atoms with Crippen molar-refractivity contribution in [3.05, 3.63) is 22.8 Å². The first kappa shape index (κ1) is 26.4. The molecule has 4 rings (SSSR count). The van der Waals surface area contributed by atoms with Crippen LogP contribution in [0.3, 0.4) is 0 Å². The summed E-state index contributed by atoms with van der Waals surface area (Å²) in [6.45, 7) is 11.9. The lowest BCUT2D eigenvalue weighted by atomic mass is 9.55. The van der Waals surface area contributed by atoms with Crippen molar-refractivity contribution in [2.45, 2.75) is 110 Å². The molecule has 4 aliphatic rings. The molecule has 2 fully saturated rings. The van der Waals surface area contributed by atoms with Crippen molar-refractivity contribution >= 4 is 23.9 Å². The van der Waals surface area contributed by atoms with Crippen LogP contribution in [0.15, 0.2) is 22.8 Å². The Morgan fingerprint density at radius 1 is 1.03 bits per heavy atom. The summed E-state index contributed by atoms with van der Waals surface area (Å²) in [6, 6.07) is 0. The highest BCUT2D eigenvalue weighted by atomic mass is 16.6. The van der Waals surface area contributed by atoms with Gasteiger partial charge in [-0.2, -0.15) is 0 Å². The number of esters is 4. The largest absolute Gasteiger partial charge is 0.462 e. The van der Waals surface area contributed by atoms with Gasteiger partial charge < -0.3 is 23.7 Å². The molecule has 0 bridgehead atoms. The highest BCUT2D eigenvalue weighted by molar-refractivity contribution is 5.92. The second-order valence-electron chi connectivity index (χ2n) is 10.8. The molecule has 0 aromatic heterocycles. The average molecular weight is 505 g/mol. The van der Waals surface area contributed by atoms with E-state index < -0.39 is 59.3 Å². The van der Waals surface area contributed by atoms with Crippen molar-refractivity contribution < 1.29 is 42.9 Å². The molecule has 1 saturated heterocycles. The molecule has 0 aromatic carbocycles. The molecule has 2 aliphatic heterocycles. The molecule has 0 radical (unpaired) electrons. The zero-order chi connectivity index (χ0) is 26.6. The normalized spacial score (nSPS) is 41.0. The lowest BCUT2D eigenvalue weighted by Crippen LogP contribution is -2.59. The second-order valence-corrected chi connectivity index (χ2v) is 10.8. The molecule has 2 aliphatic carbocycles. The van der Waals surface area contributed by atoms with Crippen molar-refractivity contribution in [2.75, 3.05) is 0 Å². The number of ether oxygens (including phenoxy) is 5. The van der Waals surface area contributed by atoms with E-state index in [9.17, 15) is 19.2 Å². The highest BCUT2D eigenvalue weighted by Crippen LogP contribution is 2.63. The number of rotatable bonds is 4. The Labute approximate surface area is 211 Å². The minimum absolute atomic E-state index is 0.135. The van der Waals surface area contributed by atoms with Crippen LogP contribution in [0.25, 0.3) is 0 Å². The van der Waals surface area contributed by atoms with E-state index in [0.717, 1.165) is 5.57 Å². The molecule has 0 unspecified atom stereocenters. The highest BCUT2D eigenvalue weighted by Gasteiger charge is 2.71. The minimum atomic E-state index is -0.905. The quantitative estimate of drug-likeness (QED) is 0.246. The molecule has 1 saturated carbocycles. The van der Waals surface area contributed by atoms with Gasteiger partial charge in [-0.3, -0.25) is 14.4 Å². The Kier molecular flexibility index (Phi) is 6.83. The Balaban J connectivity index is 1.92. The fourth-order valence-corrected chi connectivity index (χ4v) is 6.36. The van der Waals surface area contributed by atoms with Crippen molar-refractivity contribution in [1.29, 1.82) is 0 Å². The van der Waals surface area contributed by atoms with Crippen LogP contribution >= 0.6 is 0 Å². The van der Waals surface area contributed by atoms with Crippen molar-refractivity contribution in [3.63, 3.8) is 0 Å². The van der Waals surface area contributed by atoms with E-state index in [2.05, 4.69) is 0 Å². The van der Waals surface area contributed by atoms with E-state index in [1.54, 1.807) is 26.8 Å². The van der Waals surface area contributed by atoms with E-state index in [4.69, 9.17) is 23.7 Å². The Morgan fingerprint density at radius 3 is 2.28 bits per heavy atom. The Bertz CT molecular complexity index is 1040. The fourth-order valence-electron chi connectivity index (χ4n) is 6.36. The number of carbonyl (C=O) groups is 4. The van der Waals surface area contributed by atoms with Gasteiger partial charge in [-0.25, -0.2) is 4.79 Å². The first-order valence-corrected chi connectivity index (χ1v) is 12.6. The van der Waals surface area contributed by atoms with Gasteiger partial charge in [0.1, 0.15) is 24.4 Å². The smallest absolute Gasteiger partial charge is 0.334 e. The number of carbonyl (C=O) groups excluding carboxylic acids is 4. The van der Waals surface area contributed by atoms with Crippen LogP contribution in [-0.4, -0.2) is 60.0 Å². The predicted molar refractivity (Wildman–Crippen MR) is 126 cm³/mol. The molecule has 9 heteroatoms. The maximum absolute atomic E-state index is 12.7. The SMILES string of the molecule is CCC(=O)O[C@@H]1C[C@@H](OC(C)=O)/C(C)=C\[C@@H]2OC(=O)C(C)=C2C[C@H]2[C@@]3(C)O[C@H]3C[C@H](OC(C)=O)[C@]12C. The molecule has 0 aromatic rings. The summed E-state index contributed by atoms with van der Waals surface area (Å²) in [7, 11) is 0. The maximum Gasteiger partial charge on any atom is 0.334 e. The van der Waals surface area contributed by atoms with Gasteiger partial charge >= 0.3 is 23.9 Å². The van der Waals surface area contributed by atoms with E-state index in [0.29, 0.717) is 24.0 Å². The molecule has 198 valence electrons. The summed E-state index contributed by atoms with van der Waals surface area (Å²) in [5.74, 6) is -2.01. The van der Waals surface area contributed by atoms with Crippen LogP contribution in [0.2, 0.25) is 0 Å². The minimum Gasteiger partial charge on any atom is -0.462 e. The Morgan fingerprint density at radius 2 is 1.67 bits per heavy atom. The van der Waals surface area contributed by atoms with Gasteiger partial charge in [0.05, 0.1) is 11.7 Å². The van der Waals surface area contributed by atoms with E-state index in [1.165, 1.54) is 13.8 Å². The third kappa shape index (κ3) is 4.46. The number of epoxide rings is 1. The molecular formula is C27H36O9. The molecule has 2 heterocycles. The fraction of sp³-hybridized carbons (Fsp3) is 0.704. The molecule has 0 N–H and O–H groups in total. The molecule has 0 spiro atoms. The van der Waals surface area contributed by atoms with Crippen molar-refractivity contribution in [1.82, 2.24) is 0 Å². The topological polar surface area (TPSA) is 118 Å². The second kappa shape index (κ2) is 9.32. The third-order valence-electron chi connectivity index (χ3n) is 8.56. The third-order valence-corrected chi connectivity index (χ3v) is 8.56. The van der Waals surface area contributed by atoms with Crippen LogP contribution < -0.4 is 0 Å². The summed E-state index contributed by atoms with van der Waals surface area (Å²) in [5, 5.41) is 0. The molecular weight excluding hydrogens is 468 g/mol. The zero-order valence-electron chi connectivity index (χ0n) is 22.0. The van der Waals surface area contributed by atoms with E-state index >= 15 is 0 Å². The molecule has 0 amide bonds. The van der Waals surface area contributed by atoms with Crippen LogP contribution in [0, 0.1) is 11.3 Å². The first-order chi connectivity index (χ1) is 16.8. The predicted octanol–water partition coefficient (Wildman–Crippen LogP) is 3.34. The standard InChI is InChI=1S/C27H36O9/c1-8-24(30)35-21-11-18(32-15(4)28)13(2)9-19-17(14(3)25(31)34-19)10-20-26(21,6)22(33-16(5)29)12-23-27(20,7)36-23/h9,18-23H,8,10-12H2,1-7H3/b13-9-/t18-,19+,20-,21-,22+,23+,26+,27-/m1/s1. The number of fused-ring (bicyclic) bond motifs is 4. The van der Waals surface area contributed by atoms with Gasteiger partial charge in [0.2, 0.25) is 0 Å². The van der Waals surface area contributed by atoms with Crippen LogP contribution in [0.4, 0.5) is 0 Å². The summed E-state index contributed by atoms with van der Waals surface area (Å²) < 4.78 is 29.5. The van der Waals surface area contributed by atoms with Gasteiger partial charge in [-0.1, -0.05) is 13.8 Å². The Hall–Kier alpha value is -2.68. The van der Waals surface area contributed by atoms with Gasteiger partial charge in [0.15, 0.2) is 0 Å². The van der Waals surface area contributed by atoms with Crippen LogP contribution in [0.1, 0.15) is 74.1 Å². The maximum atomic E-state index is 12.7. The van der Waals surface area contributed by atoms with Crippen LogP contribution in [0.5, 0.6) is 0 Å². The van der Waals surface area contributed by atoms with Gasteiger partial charge in [-0.15, -0.1) is 0 Å². The van der Waals surface area contributed by atoms with Crippen LogP contribution in [-0.2, 0) is 42.9 Å². The average Bonchev–Trinajstić information content (AvgIpc) is 3.37. The van der Waals surface area contributed by atoms with E-state index in [1.807, 2.05) is 13.8 Å². The zero-order valence-corrected chi connectivity index (χ0v) is 22.0. The monoisotopic (exact) mass is 504 g/mol. The lowest BCUT2D eigenvalue weighted by Gasteiger charge is -2.52. The molecule has 9 nitrogen and oxygen atoms in total. The number of hydrogen-bond acceptors (Lipinski definition) is 9. The molecule has 8 atom stereocenters. The van der Waals surface area contributed by atoms with E-state index in [-0.39, 0.29) is 24.9 Å². The summed E-state index contributed by atoms with van der Waals surface area (Å²) >= 11 is 0.